The van der Waals surface area contributed by atoms with Gasteiger partial charge in [-0.2, -0.15) is 0 Å². The highest BCUT2D eigenvalue weighted by atomic mass is 32.2. The van der Waals surface area contributed by atoms with Gasteiger partial charge in [0.1, 0.15) is 0 Å². The van der Waals surface area contributed by atoms with Gasteiger partial charge in [0.15, 0.2) is 0 Å². The van der Waals surface area contributed by atoms with E-state index in [0.717, 1.165) is 21.7 Å². The fraction of sp³-hybridized carbons (Fsp3) is 0.182. The average Bonchev–Trinajstić information content (AvgIpc) is 3.11. The highest BCUT2D eigenvalue weighted by Crippen LogP contribution is 2.28. The van der Waals surface area contributed by atoms with Crippen molar-refractivity contribution in [3.05, 3.63) is 72.9 Å². The van der Waals surface area contributed by atoms with Crippen molar-refractivity contribution in [1.29, 1.82) is 0 Å². The van der Waals surface area contributed by atoms with Crippen LogP contribution in [0.4, 0.5) is 5.69 Å². The highest BCUT2D eigenvalue weighted by molar-refractivity contribution is 7.92. The van der Waals surface area contributed by atoms with Gasteiger partial charge in [-0.15, -0.1) is 0 Å². The first-order valence-corrected chi connectivity index (χ1v) is 10.6. The minimum atomic E-state index is -3.69. The summed E-state index contributed by atoms with van der Waals surface area (Å²) in [5.41, 5.74) is 7.11. The predicted molar refractivity (Wildman–Crippen MR) is 115 cm³/mol. The second-order valence-corrected chi connectivity index (χ2v) is 9.27. The Kier molecular flexibility index (Phi) is 4.40. The van der Waals surface area contributed by atoms with Gasteiger partial charge in [-0.1, -0.05) is 36.4 Å². The lowest BCUT2D eigenvalue weighted by molar-refractivity contribution is 0.379. The molecule has 4 aromatic rings. The van der Waals surface area contributed by atoms with Gasteiger partial charge in [0.2, 0.25) is 0 Å². The van der Waals surface area contributed by atoms with Crippen LogP contribution in [-0.2, 0) is 15.6 Å². The van der Waals surface area contributed by atoms with Crippen molar-refractivity contribution in [2.24, 2.45) is 5.73 Å². The normalized spacial score (nSPS) is 12.5. The standard InChI is InChI=1S/C22H23N3O2S/c1-22(2,15-23)25-12-11-17-7-9-19(14-21(17)25)24-28(26,27)20-10-8-16-5-3-4-6-18(16)13-20/h3-14,24H,15,23H2,1-2H3. The maximum Gasteiger partial charge on any atom is 0.261 e. The van der Waals surface area contributed by atoms with Crippen LogP contribution in [0.1, 0.15) is 13.8 Å². The van der Waals surface area contributed by atoms with Crippen LogP contribution in [0, 0.1) is 0 Å². The van der Waals surface area contributed by atoms with Crippen molar-refractivity contribution in [2.45, 2.75) is 24.3 Å². The Morgan fingerprint density at radius 3 is 2.39 bits per heavy atom. The monoisotopic (exact) mass is 393 g/mol. The first-order chi connectivity index (χ1) is 13.3. The SMILES string of the molecule is CC(C)(CN)n1ccc2ccc(NS(=O)(=O)c3ccc4ccccc4c3)cc21. The molecule has 0 spiro atoms. The quantitative estimate of drug-likeness (QED) is 0.531. The topological polar surface area (TPSA) is 77.1 Å². The summed E-state index contributed by atoms with van der Waals surface area (Å²) in [6, 6.07) is 20.4. The van der Waals surface area contributed by atoms with Gasteiger partial charge in [-0.25, -0.2) is 8.42 Å². The second kappa shape index (κ2) is 6.65. The summed E-state index contributed by atoms with van der Waals surface area (Å²) in [6.07, 6.45) is 1.99. The molecule has 0 amide bonds. The average molecular weight is 394 g/mol. The van der Waals surface area contributed by atoms with Crippen LogP contribution in [0.25, 0.3) is 21.7 Å². The molecular weight excluding hydrogens is 370 g/mol. The number of rotatable bonds is 5. The van der Waals surface area contributed by atoms with Crippen LogP contribution < -0.4 is 10.5 Å². The summed E-state index contributed by atoms with van der Waals surface area (Å²) in [6.45, 7) is 4.58. The van der Waals surface area contributed by atoms with E-state index in [1.807, 2.05) is 54.7 Å². The van der Waals surface area contributed by atoms with Crippen molar-refractivity contribution >= 4 is 37.4 Å². The van der Waals surface area contributed by atoms with Gasteiger partial charge in [-0.05, 0) is 60.3 Å². The van der Waals surface area contributed by atoms with Crippen LogP contribution in [0.15, 0.2) is 77.8 Å². The zero-order valence-corrected chi connectivity index (χ0v) is 16.7. The van der Waals surface area contributed by atoms with E-state index in [0.29, 0.717) is 12.2 Å². The number of sulfonamides is 1. The molecule has 0 unspecified atom stereocenters. The number of hydrogen-bond donors (Lipinski definition) is 2. The molecule has 0 bridgehead atoms. The molecule has 0 aliphatic rings. The Balaban J connectivity index is 1.72. The summed E-state index contributed by atoms with van der Waals surface area (Å²) < 4.78 is 30.6. The summed E-state index contributed by atoms with van der Waals surface area (Å²) in [4.78, 5) is 0.240. The van der Waals surface area contributed by atoms with Crippen LogP contribution in [0.2, 0.25) is 0 Å². The molecule has 5 nitrogen and oxygen atoms in total. The molecule has 0 saturated carbocycles. The van der Waals surface area contributed by atoms with E-state index in [1.54, 1.807) is 18.2 Å². The number of nitrogens with one attached hydrogen (secondary N) is 1. The van der Waals surface area contributed by atoms with E-state index in [9.17, 15) is 8.42 Å². The molecule has 4 rings (SSSR count). The Morgan fingerprint density at radius 1 is 0.929 bits per heavy atom. The number of anilines is 1. The molecule has 1 aromatic heterocycles. The maximum absolute atomic E-state index is 12.9. The van der Waals surface area contributed by atoms with Crippen molar-refractivity contribution in [3.63, 3.8) is 0 Å². The lowest BCUT2D eigenvalue weighted by Crippen LogP contribution is -2.34. The molecule has 0 aliphatic carbocycles. The zero-order valence-electron chi connectivity index (χ0n) is 15.9. The molecule has 0 fully saturated rings. The molecule has 1 heterocycles. The lowest BCUT2D eigenvalue weighted by atomic mass is 10.1. The minimum absolute atomic E-state index is 0.240. The Morgan fingerprint density at radius 2 is 1.64 bits per heavy atom. The number of nitrogens with two attached hydrogens (primary N) is 1. The van der Waals surface area contributed by atoms with Gasteiger partial charge in [0.25, 0.3) is 10.0 Å². The minimum Gasteiger partial charge on any atom is -0.341 e. The smallest absolute Gasteiger partial charge is 0.261 e. The van der Waals surface area contributed by atoms with E-state index in [4.69, 9.17) is 5.73 Å². The molecular formula is C22H23N3O2S. The molecule has 144 valence electrons. The van der Waals surface area contributed by atoms with Gasteiger partial charge in [-0.3, -0.25) is 4.72 Å². The van der Waals surface area contributed by atoms with E-state index in [-0.39, 0.29) is 10.4 Å². The van der Waals surface area contributed by atoms with Gasteiger partial charge < -0.3 is 10.3 Å². The largest absolute Gasteiger partial charge is 0.341 e. The van der Waals surface area contributed by atoms with Crippen molar-refractivity contribution in [3.8, 4) is 0 Å². The summed E-state index contributed by atoms with van der Waals surface area (Å²) in [7, 11) is -3.69. The molecule has 0 atom stereocenters. The summed E-state index contributed by atoms with van der Waals surface area (Å²) >= 11 is 0. The predicted octanol–water partition coefficient (Wildman–Crippen LogP) is 4.29. The third kappa shape index (κ3) is 3.25. The van der Waals surface area contributed by atoms with Gasteiger partial charge >= 0.3 is 0 Å². The number of aromatic nitrogens is 1. The molecule has 28 heavy (non-hydrogen) atoms. The van der Waals surface area contributed by atoms with E-state index in [2.05, 4.69) is 23.1 Å². The van der Waals surface area contributed by atoms with Crippen molar-refractivity contribution < 1.29 is 8.42 Å². The Bertz CT molecular complexity index is 1270. The summed E-state index contributed by atoms with van der Waals surface area (Å²) in [5.74, 6) is 0. The first-order valence-electron chi connectivity index (χ1n) is 9.13. The fourth-order valence-electron chi connectivity index (χ4n) is 3.37. The van der Waals surface area contributed by atoms with Crippen molar-refractivity contribution in [2.75, 3.05) is 11.3 Å². The number of benzene rings is 3. The van der Waals surface area contributed by atoms with Gasteiger partial charge in [0, 0.05) is 12.7 Å². The third-order valence-corrected chi connectivity index (χ3v) is 6.51. The van der Waals surface area contributed by atoms with Crippen LogP contribution in [0.5, 0.6) is 0 Å². The third-order valence-electron chi connectivity index (χ3n) is 5.13. The Labute approximate surface area is 164 Å². The molecule has 0 saturated heterocycles. The Hall–Kier alpha value is -2.83. The number of hydrogen-bond acceptors (Lipinski definition) is 3. The lowest BCUT2D eigenvalue weighted by Gasteiger charge is -2.26. The molecule has 0 radical (unpaired) electrons. The van der Waals surface area contributed by atoms with E-state index in [1.165, 1.54) is 0 Å². The zero-order chi connectivity index (χ0) is 19.9. The molecule has 6 heteroatoms. The fourth-order valence-corrected chi connectivity index (χ4v) is 4.45. The highest BCUT2D eigenvalue weighted by Gasteiger charge is 2.20. The molecule has 3 N–H and O–H groups in total. The van der Waals surface area contributed by atoms with Crippen LogP contribution in [0.3, 0.4) is 0 Å². The number of fused-ring (bicyclic) bond motifs is 2. The maximum atomic E-state index is 12.9. The number of nitrogens with zero attached hydrogens (tertiary/aromatic N) is 1. The van der Waals surface area contributed by atoms with Crippen LogP contribution in [-0.4, -0.2) is 19.5 Å². The van der Waals surface area contributed by atoms with Crippen molar-refractivity contribution in [1.82, 2.24) is 4.57 Å². The molecule has 0 aliphatic heterocycles. The van der Waals surface area contributed by atoms with Crippen LogP contribution >= 0.6 is 0 Å². The van der Waals surface area contributed by atoms with E-state index < -0.39 is 10.0 Å². The summed E-state index contributed by atoms with van der Waals surface area (Å²) in [5, 5.41) is 2.93. The molecule has 3 aromatic carbocycles. The first kappa shape index (κ1) is 18.5. The van der Waals surface area contributed by atoms with E-state index >= 15 is 0 Å². The van der Waals surface area contributed by atoms with Gasteiger partial charge in [0.05, 0.1) is 21.6 Å². The second-order valence-electron chi connectivity index (χ2n) is 7.59.